The fraction of sp³-hybridized carbons (Fsp3) is 0.136. The summed E-state index contributed by atoms with van der Waals surface area (Å²) >= 11 is 6.27. The van der Waals surface area contributed by atoms with Gasteiger partial charge >= 0.3 is 0 Å². The lowest BCUT2D eigenvalue weighted by molar-refractivity contribution is -0.131. The molecule has 1 atom stereocenters. The minimum atomic E-state index is -1.18. The van der Waals surface area contributed by atoms with Gasteiger partial charge in [0.1, 0.15) is 5.92 Å². The van der Waals surface area contributed by atoms with Crippen molar-refractivity contribution in [3.8, 4) is 0 Å². The normalized spacial score (nSPS) is 21.6. The van der Waals surface area contributed by atoms with E-state index in [0.29, 0.717) is 16.5 Å². The minimum absolute atomic E-state index is 0.0113. The predicted molar refractivity (Wildman–Crippen MR) is 125 cm³/mol. The third-order valence-corrected chi connectivity index (χ3v) is 5.97. The standard InChI is InChI=1S/C22H18N4O3S2/c1-2-13-8-10-14(11-9-13)23-21-24-19(28)17(31-21)12-16-18(27)25-22(30)26(20(16)29)15-6-4-3-5-7-15/h3-12,16H,2H2,1H3,(H,23,24,28)(H,25,27,30)/b17-12-/t16-/m1/s1. The van der Waals surface area contributed by atoms with Gasteiger partial charge in [-0.1, -0.05) is 37.3 Å². The fourth-order valence-electron chi connectivity index (χ4n) is 3.13. The number of thioether (sulfide) groups is 1. The third kappa shape index (κ3) is 4.42. The number of hydrogen-bond donors (Lipinski definition) is 2. The van der Waals surface area contributed by atoms with E-state index in [1.54, 1.807) is 24.3 Å². The number of hydrogen-bond acceptors (Lipinski definition) is 6. The highest BCUT2D eigenvalue weighted by Gasteiger charge is 2.39. The molecule has 156 valence electrons. The van der Waals surface area contributed by atoms with Crippen molar-refractivity contribution < 1.29 is 14.4 Å². The third-order valence-electron chi connectivity index (χ3n) is 4.76. The van der Waals surface area contributed by atoms with Crippen LogP contribution >= 0.6 is 24.0 Å². The summed E-state index contributed by atoms with van der Waals surface area (Å²) < 4.78 is 0. The lowest BCUT2D eigenvalue weighted by Gasteiger charge is -2.31. The topological polar surface area (TPSA) is 90.9 Å². The van der Waals surface area contributed by atoms with Crippen LogP contribution in [0, 0.1) is 5.92 Å². The van der Waals surface area contributed by atoms with E-state index in [0.717, 1.165) is 18.2 Å². The maximum Gasteiger partial charge on any atom is 0.263 e. The minimum Gasteiger partial charge on any atom is -0.301 e. The summed E-state index contributed by atoms with van der Waals surface area (Å²) in [6.07, 6.45) is 2.29. The Hall–Kier alpha value is -3.30. The lowest BCUT2D eigenvalue weighted by Crippen LogP contribution is -2.57. The van der Waals surface area contributed by atoms with E-state index in [4.69, 9.17) is 12.2 Å². The number of para-hydroxylation sites is 1. The molecular formula is C22H18N4O3S2. The van der Waals surface area contributed by atoms with Crippen LogP contribution < -0.4 is 15.5 Å². The van der Waals surface area contributed by atoms with Gasteiger partial charge in [0.15, 0.2) is 10.3 Å². The molecular weight excluding hydrogens is 432 g/mol. The Kier molecular flexibility index (Phi) is 5.97. The molecule has 2 aromatic carbocycles. The average Bonchev–Trinajstić information content (AvgIpc) is 3.11. The number of benzene rings is 2. The van der Waals surface area contributed by atoms with Crippen LogP contribution in [-0.4, -0.2) is 28.0 Å². The largest absolute Gasteiger partial charge is 0.301 e. The van der Waals surface area contributed by atoms with Gasteiger partial charge < -0.3 is 10.6 Å². The van der Waals surface area contributed by atoms with E-state index in [1.807, 2.05) is 30.3 Å². The number of aryl methyl sites for hydroxylation is 1. The van der Waals surface area contributed by atoms with Crippen molar-refractivity contribution in [1.82, 2.24) is 10.6 Å². The molecule has 0 spiro atoms. The number of aliphatic imine (C=N–C) groups is 1. The summed E-state index contributed by atoms with van der Waals surface area (Å²) in [6, 6.07) is 16.5. The Balaban J connectivity index is 1.57. The first-order chi connectivity index (χ1) is 15.0. The average molecular weight is 451 g/mol. The highest BCUT2D eigenvalue weighted by atomic mass is 32.2. The monoisotopic (exact) mass is 450 g/mol. The molecule has 2 aliphatic rings. The van der Waals surface area contributed by atoms with Crippen LogP contribution in [-0.2, 0) is 20.8 Å². The number of amidine groups is 1. The first-order valence-electron chi connectivity index (χ1n) is 9.58. The second kappa shape index (κ2) is 8.83. The van der Waals surface area contributed by atoms with E-state index in [1.165, 1.54) is 16.5 Å². The first-order valence-corrected chi connectivity index (χ1v) is 10.8. The van der Waals surface area contributed by atoms with Crippen LogP contribution in [0.25, 0.3) is 0 Å². The number of carbonyl (C=O) groups is 3. The van der Waals surface area contributed by atoms with Gasteiger partial charge in [0.05, 0.1) is 16.3 Å². The van der Waals surface area contributed by atoms with Gasteiger partial charge in [-0.25, -0.2) is 4.99 Å². The summed E-state index contributed by atoms with van der Waals surface area (Å²) in [5.41, 5.74) is 2.44. The fourth-order valence-corrected chi connectivity index (χ4v) is 4.28. The Morgan fingerprint density at radius 3 is 2.45 bits per heavy atom. The zero-order valence-corrected chi connectivity index (χ0v) is 18.1. The number of anilines is 1. The van der Waals surface area contributed by atoms with E-state index >= 15 is 0 Å². The number of thiocarbonyl (C=S) groups is 1. The van der Waals surface area contributed by atoms with Crippen molar-refractivity contribution in [2.75, 3.05) is 4.90 Å². The molecule has 3 amide bonds. The number of nitrogens with zero attached hydrogens (tertiary/aromatic N) is 2. The van der Waals surface area contributed by atoms with Gasteiger partial charge in [0.25, 0.3) is 5.91 Å². The van der Waals surface area contributed by atoms with E-state index in [2.05, 4.69) is 22.5 Å². The Morgan fingerprint density at radius 1 is 1.06 bits per heavy atom. The SMILES string of the molecule is CCc1ccc(N=C2NC(=O)/C(=C/[C@@H]3C(=O)NC(=S)N(c4ccccc4)C3=O)S2)cc1. The van der Waals surface area contributed by atoms with Gasteiger partial charge in [-0.15, -0.1) is 0 Å². The Morgan fingerprint density at radius 2 is 1.77 bits per heavy atom. The Labute approximate surface area is 188 Å². The van der Waals surface area contributed by atoms with Crippen LogP contribution in [0.1, 0.15) is 12.5 Å². The van der Waals surface area contributed by atoms with Crippen LogP contribution in [0.3, 0.4) is 0 Å². The van der Waals surface area contributed by atoms with Crippen LogP contribution in [0.2, 0.25) is 0 Å². The maximum atomic E-state index is 13.0. The van der Waals surface area contributed by atoms with E-state index in [-0.39, 0.29) is 10.0 Å². The zero-order chi connectivity index (χ0) is 22.0. The number of nitrogens with one attached hydrogen (secondary N) is 2. The lowest BCUT2D eigenvalue weighted by atomic mass is 10.0. The van der Waals surface area contributed by atoms with Crippen molar-refractivity contribution >= 4 is 63.4 Å². The number of rotatable bonds is 4. The number of amides is 3. The molecule has 2 aromatic rings. The van der Waals surface area contributed by atoms with Crippen molar-refractivity contribution in [3.63, 3.8) is 0 Å². The van der Waals surface area contributed by atoms with Gasteiger partial charge in [0.2, 0.25) is 11.8 Å². The molecule has 2 fully saturated rings. The van der Waals surface area contributed by atoms with Crippen LogP contribution in [0.4, 0.5) is 11.4 Å². The van der Waals surface area contributed by atoms with Crippen LogP contribution in [0.15, 0.2) is 70.6 Å². The molecule has 9 heteroatoms. The summed E-state index contributed by atoms with van der Waals surface area (Å²) in [6.45, 7) is 2.07. The van der Waals surface area contributed by atoms with Gasteiger partial charge in [-0.05, 0) is 66.3 Å². The summed E-state index contributed by atoms with van der Waals surface area (Å²) in [7, 11) is 0. The second-order valence-corrected chi connectivity index (χ2v) is 8.22. The van der Waals surface area contributed by atoms with Crippen molar-refractivity contribution in [3.05, 3.63) is 71.1 Å². The van der Waals surface area contributed by atoms with E-state index < -0.39 is 23.6 Å². The molecule has 7 nitrogen and oxygen atoms in total. The van der Waals surface area contributed by atoms with E-state index in [9.17, 15) is 14.4 Å². The summed E-state index contributed by atoms with van der Waals surface area (Å²) in [5, 5.41) is 5.62. The highest BCUT2D eigenvalue weighted by molar-refractivity contribution is 8.18. The van der Waals surface area contributed by atoms with Crippen LogP contribution in [0.5, 0.6) is 0 Å². The molecule has 2 N–H and O–H groups in total. The summed E-state index contributed by atoms with van der Waals surface area (Å²) in [4.78, 5) is 43.8. The maximum absolute atomic E-state index is 13.0. The predicted octanol–water partition coefficient (Wildman–Crippen LogP) is 3.05. The van der Waals surface area contributed by atoms with Gasteiger partial charge in [-0.2, -0.15) is 0 Å². The molecule has 0 radical (unpaired) electrons. The molecule has 0 bridgehead atoms. The molecule has 0 saturated carbocycles. The smallest absolute Gasteiger partial charge is 0.263 e. The van der Waals surface area contributed by atoms with Crippen molar-refractivity contribution in [2.45, 2.75) is 13.3 Å². The molecule has 2 aliphatic heterocycles. The zero-order valence-electron chi connectivity index (χ0n) is 16.5. The molecule has 2 heterocycles. The molecule has 31 heavy (non-hydrogen) atoms. The second-order valence-electron chi connectivity index (χ2n) is 6.81. The molecule has 0 aromatic heterocycles. The highest BCUT2D eigenvalue weighted by Crippen LogP contribution is 2.29. The molecule has 0 aliphatic carbocycles. The van der Waals surface area contributed by atoms with Crippen molar-refractivity contribution in [2.24, 2.45) is 10.9 Å². The van der Waals surface area contributed by atoms with Gasteiger partial charge in [-0.3, -0.25) is 19.3 Å². The van der Waals surface area contributed by atoms with Crippen molar-refractivity contribution in [1.29, 1.82) is 0 Å². The summed E-state index contributed by atoms with van der Waals surface area (Å²) in [5.74, 6) is -2.66. The first kappa shape index (κ1) is 21.0. The molecule has 4 rings (SSSR count). The Bertz CT molecular complexity index is 1130. The quantitative estimate of drug-likeness (QED) is 0.425. The molecule has 0 unspecified atom stereocenters. The molecule has 2 saturated heterocycles. The van der Waals surface area contributed by atoms with Gasteiger partial charge in [0, 0.05) is 0 Å². The number of carbonyl (C=O) groups excluding carboxylic acids is 3.